The van der Waals surface area contributed by atoms with Crippen molar-refractivity contribution >= 4 is 11.8 Å². The molecule has 0 saturated heterocycles. The molecule has 4 nitrogen and oxygen atoms in total. The van der Waals surface area contributed by atoms with E-state index in [1.54, 1.807) is 18.3 Å². The fourth-order valence-corrected chi connectivity index (χ4v) is 2.91. The Hall–Kier alpha value is -2.23. The molecule has 1 unspecified atom stereocenters. The zero-order valence-electron chi connectivity index (χ0n) is 13.2. The van der Waals surface area contributed by atoms with Gasteiger partial charge in [0, 0.05) is 36.0 Å². The first kappa shape index (κ1) is 16.1. The molecule has 0 radical (unpaired) electrons. The average molecular weight is 300 g/mol. The molecule has 1 aromatic carbocycles. The number of nitrogens with zero attached hydrogens (tertiary/aromatic N) is 1. The smallest absolute Gasteiger partial charge is 0.123 e. The summed E-state index contributed by atoms with van der Waals surface area (Å²) < 4.78 is 0. The summed E-state index contributed by atoms with van der Waals surface area (Å²) in [6, 6.07) is 3.29. The molecule has 1 aromatic rings. The standard InChI is InChI=1S/C18H24N2O2/c1-3-20-11-15(10-19)14-8-16(21)18(17(22)9-14)13-6-4-5-12(2)7-13/h7-11,13,21-22H,3-6,19H2,1-2H3/b15-10+,20-11?. The molecule has 1 aliphatic rings. The summed E-state index contributed by atoms with van der Waals surface area (Å²) in [5.41, 5.74) is 8.86. The van der Waals surface area contributed by atoms with Gasteiger partial charge in [-0.25, -0.2) is 0 Å². The quantitative estimate of drug-likeness (QED) is 0.586. The van der Waals surface area contributed by atoms with Crippen molar-refractivity contribution in [3.05, 3.63) is 41.1 Å². The number of aromatic hydroxyl groups is 2. The molecule has 0 heterocycles. The van der Waals surface area contributed by atoms with E-state index in [4.69, 9.17) is 5.73 Å². The Morgan fingerprint density at radius 3 is 2.59 bits per heavy atom. The van der Waals surface area contributed by atoms with Crippen molar-refractivity contribution in [1.29, 1.82) is 0 Å². The van der Waals surface area contributed by atoms with Gasteiger partial charge in [-0.15, -0.1) is 0 Å². The third-order valence-corrected chi connectivity index (χ3v) is 4.00. The van der Waals surface area contributed by atoms with Crippen LogP contribution in [0, 0.1) is 0 Å². The van der Waals surface area contributed by atoms with Gasteiger partial charge in [-0.1, -0.05) is 11.6 Å². The average Bonchev–Trinajstić information content (AvgIpc) is 2.47. The number of hydrogen-bond donors (Lipinski definition) is 3. The first-order chi connectivity index (χ1) is 10.6. The maximum Gasteiger partial charge on any atom is 0.123 e. The van der Waals surface area contributed by atoms with Crippen LogP contribution in [0.5, 0.6) is 11.5 Å². The third-order valence-electron chi connectivity index (χ3n) is 4.00. The Balaban J connectivity index is 2.41. The predicted octanol–water partition coefficient (Wildman–Crippen LogP) is 3.70. The van der Waals surface area contributed by atoms with E-state index in [9.17, 15) is 10.2 Å². The second-order valence-electron chi connectivity index (χ2n) is 5.69. The topological polar surface area (TPSA) is 78.8 Å². The lowest BCUT2D eigenvalue weighted by atomic mass is 9.84. The summed E-state index contributed by atoms with van der Waals surface area (Å²) in [4.78, 5) is 4.15. The van der Waals surface area contributed by atoms with E-state index in [2.05, 4.69) is 18.0 Å². The van der Waals surface area contributed by atoms with Gasteiger partial charge in [-0.3, -0.25) is 4.99 Å². The highest BCUT2D eigenvalue weighted by molar-refractivity contribution is 6.09. The Morgan fingerprint density at radius 1 is 1.36 bits per heavy atom. The number of aliphatic imine (C=N–C) groups is 1. The summed E-state index contributed by atoms with van der Waals surface area (Å²) in [6.07, 6.45) is 8.31. The van der Waals surface area contributed by atoms with Gasteiger partial charge in [0.15, 0.2) is 0 Å². The van der Waals surface area contributed by atoms with Crippen molar-refractivity contribution < 1.29 is 10.2 Å². The van der Waals surface area contributed by atoms with Crippen molar-refractivity contribution in [2.75, 3.05) is 6.54 Å². The van der Waals surface area contributed by atoms with Crippen molar-refractivity contribution in [3.63, 3.8) is 0 Å². The maximum atomic E-state index is 10.4. The van der Waals surface area contributed by atoms with Crippen LogP contribution in [-0.2, 0) is 0 Å². The third kappa shape index (κ3) is 3.50. The molecule has 0 aromatic heterocycles. The van der Waals surface area contributed by atoms with Crippen LogP contribution in [0.4, 0.5) is 0 Å². The minimum Gasteiger partial charge on any atom is -0.507 e. The first-order valence-electron chi connectivity index (χ1n) is 7.72. The molecule has 0 bridgehead atoms. The Kier molecular flexibility index (Phi) is 5.26. The van der Waals surface area contributed by atoms with Gasteiger partial charge in [0.1, 0.15) is 11.5 Å². The monoisotopic (exact) mass is 300 g/mol. The van der Waals surface area contributed by atoms with E-state index in [1.807, 2.05) is 6.92 Å². The number of rotatable bonds is 4. The van der Waals surface area contributed by atoms with Crippen molar-refractivity contribution in [1.82, 2.24) is 0 Å². The summed E-state index contributed by atoms with van der Waals surface area (Å²) >= 11 is 0. The van der Waals surface area contributed by atoms with Gasteiger partial charge in [-0.05, 0) is 50.8 Å². The number of nitrogens with two attached hydrogens (primary N) is 1. The number of phenolic OH excluding ortho intramolecular Hbond substituents is 2. The van der Waals surface area contributed by atoms with Gasteiger partial charge < -0.3 is 15.9 Å². The zero-order chi connectivity index (χ0) is 16.1. The largest absolute Gasteiger partial charge is 0.507 e. The molecule has 0 spiro atoms. The van der Waals surface area contributed by atoms with E-state index in [-0.39, 0.29) is 17.4 Å². The fourth-order valence-electron chi connectivity index (χ4n) is 2.91. The normalized spacial score (nSPS) is 19.5. The molecule has 1 atom stereocenters. The SMILES string of the molecule is CCN=C/C(=C\N)c1cc(O)c(C2C=C(C)CCC2)c(O)c1. The van der Waals surface area contributed by atoms with Crippen LogP contribution < -0.4 is 5.73 Å². The fraction of sp³-hybridized carbons (Fsp3) is 0.389. The Labute approximate surface area is 131 Å². The number of hydrogen-bond acceptors (Lipinski definition) is 4. The molecule has 0 amide bonds. The van der Waals surface area contributed by atoms with Crippen LogP contribution in [0.15, 0.2) is 35.0 Å². The van der Waals surface area contributed by atoms with Crippen LogP contribution in [-0.4, -0.2) is 23.0 Å². The van der Waals surface area contributed by atoms with Crippen LogP contribution in [0.3, 0.4) is 0 Å². The van der Waals surface area contributed by atoms with E-state index in [0.717, 1.165) is 19.3 Å². The highest BCUT2D eigenvalue weighted by Crippen LogP contribution is 2.42. The molecule has 118 valence electrons. The molecular weight excluding hydrogens is 276 g/mol. The predicted molar refractivity (Wildman–Crippen MR) is 91.3 cm³/mol. The molecule has 4 heteroatoms. The van der Waals surface area contributed by atoms with Gasteiger partial charge in [0.05, 0.1) is 0 Å². The molecule has 2 rings (SSSR count). The number of benzene rings is 1. The van der Waals surface area contributed by atoms with Gasteiger partial charge in [0.2, 0.25) is 0 Å². The lowest BCUT2D eigenvalue weighted by molar-refractivity contribution is 0.428. The summed E-state index contributed by atoms with van der Waals surface area (Å²) in [5.74, 6) is 0.280. The highest BCUT2D eigenvalue weighted by atomic mass is 16.3. The van der Waals surface area contributed by atoms with E-state index >= 15 is 0 Å². The van der Waals surface area contributed by atoms with Crippen LogP contribution >= 0.6 is 0 Å². The lowest BCUT2D eigenvalue weighted by Gasteiger charge is -2.22. The molecule has 1 aliphatic carbocycles. The second-order valence-corrected chi connectivity index (χ2v) is 5.69. The number of allylic oxidation sites excluding steroid dienone is 3. The molecule has 0 saturated carbocycles. The van der Waals surface area contributed by atoms with E-state index < -0.39 is 0 Å². The van der Waals surface area contributed by atoms with E-state index in [0.29, 0.717) is 23.2 Å². The highest BCUT2D eigenvalue weighted by Gasteiger charge is 2.21. The van der Waals surface area contributed by atoms with Crippen LogP contribution in [0.2, 0.25) is 0 Å². The van der Waals surface area contributed by atoms with Crippen molar-refractivity contribution in [2.24, 2.45) is 10.7 Å². The van der Waals surface area contributed by atoms with Crippen molar-refractivity contribution in [3.8, 4) is 11.5 Å². The molecule has 0 fully saturated rings. The Morgan fingerprint density at radius 2 is 2.05 bits per heavy atom. The van der Waals surface area contributed by atoms with Gasteiger partial charge in [0.25, 0.3) is 0 Å². The van der Waals surface area contributed by atoms with Gasteiger partial charge >= 0.3 is 0 Å². The summed E-state index contributed by atoms with van der Waals surface area (Å²) in [6.45, 7) is 4.67. The van der Waals surface area contributed by atoms with Crippen LogP contribution in [0.25, 0.3) is 5.57 Å². The molecule has 22 heavy (non-hydrogen) atoms. The lowest BCUT2D eigenvalue weighted by Crippen LogP contribution is -2.03. The zero-order valence-corrected chi connectivity index (χ0v) is 13.2. The molecule has 4 N–H and O–H groups in total. The van der Waals surface area contributed by atoms with Crippen LogP contribution in [0.1, 0.15) is 50.2 Å². The minimum absolute atomic E-state index is 0.0671. The number of phenols is 2. The minimum atomic E-state index is 0.0671. The first-order valence-corrected chi connectivity index (χ1v) is 7.72. The Bertz CT molecular complexity index is 607. The summed E-state index contributed by atoms with van der Waals surface area (Å²) in [5, 5.41) is 20.8. The van der Waals surface area contributed by atoms with E-state index in [1.165, 1.54) is 11.8 Å². The molecular formula is C18H24N2O2. The molecule has 0 aliphatic heterocycles. The maximum absolute atomic E-state index is 10.4. The summed E-state index contributed by atoms with van der Waals surface area (Å²) in [7, 11) is 0. The second kappa shape index (κ2) is 7.16. The van der Waals surface area contributed by atoms with Gasteiger partial charge in [-0.2, -0.15) is 0 Å². The van der Waals surface area contributed by atoms with Crippen molar-refractivity contribution in [2.45, 2.75) is 39.0 Å².